The topological polar surface area (TPSA) is 12.9 Å². The first-order chi connectivity index (χ1) is 22.2. The van der Waals surface area contributed by atoms with E-state index in [1.807, 2.05) is 6.08 Å². The summed E-state index contributed by atoms with van der Waals surface area (Å²) in [5, 5.41) is 13.5. The maximum absolute atomic E-state index is 5.36. The van der Waals surface area contributed by atoms with Crippen LogP contribution in [0.1, 0.15) is 12.5 Å². The number of fused-ring (bicyclic) bond motifs is 6. The van der Waals surface area contributed by atoms with Crippen molar-refractivity contribution in [1.82, 2.24) is 4.98 Å². The minimum Gasteiger partial charge on any atom is -0.246 e. The second kappa shape index (κ2) is 9.87. The molecule has 0 aliphatic carbocycles. The molecule has 1 aromatic heterocycles. The molecule has 9 aromatic rings. The second-order valence-electron chi connectivity index (χ2n) is 11.9. The fourth-order valence-electron chi connectivity index (χ4n) is 7.40. The van der Waals surface area contributed by atoms with E-state index in [0.29, 0.717) is 0 Å². The van der Waals surface area contributed by atoms with E-state index >= 15 is 0 Å². The van der Waals surface area contributed by atoms with E-state index in [-0.39, 0.29) is 0 Å². The zero-order valence-electron chi connectivity index (χ0n) is 25.0. The summed E-state index contributed by atoms with van der Waals surface area (Å²) in [5.41, 5.74) is 8.13. The molecule has 9 rings (SSSR count). The van der Waals surface area contributed by atoms with Gasteiger partial charge >= 0.3 is 0 Å². The average molecular weight is 572 g/mol. The van der Waals surface area contributed by atoms with Crippen LogP contribution in [0.5, 0.6) is 0 Å². The molecule has 0 aliphatic heterocycles. The highest BCUT2D eigenvalue weighted by Gasteiger charge is 2.16. The van der Waals surface area contributed by atoms with Crippen LogP contribution in [-0.2, 0) is 0 Å². The van der Waals surface area contributed by atoms with Gasteiger partial charge in [-0.25, -0.2) is 4.98 Å². The number of aromatic nitrogens is 1. The largest absolute Gasteiger partial charge is 0.246 e. The molecule has 0 unspecified atom stereocenters. The Morgan fingerprint density at radius 3 is 1.71 bits per heavy atom. The molecule has 1 nitrogen and oxygen atoms in total. The van der Waals surface area contributed by atoms with Crippen LogP contribution in [0, 0.1) is 0 Å². The van der Waals surface area contributed by atoms with E-state index in [9.17, 15) is 0 Å². The van der Waals surface area contributed by atoms with Crippen LogP contribution in [0.25, 0.3) is 99.3 Å². The Hall–Kier alpha value is -5.79. The molecule has 0 bridgehead atoms. The van der Waals surface area contributed by atoms with Crippen LogP contribution in [0.15, 0.2) is 140 Å². The van der Waals surface area contributed by atoms with E-state index in [1.165, 1.54) is 86.9 Å². The van der Waals surface area contributed by atoms with Crippen LogP contribution >= 0.6 is 0 Å². The fraction of sp³-hybridized carbons (Fsp3) is 0.0227. The lowest BCUT2D eigenvalue weighted by Crippen LogP contribution is -2.03. The zero-order chi connectivity index (χ0) is 30.1. The van der Waals surface area contributed by atoms with Crippen LogP contribution in [0.3, 0.4) is 0 Å². The standard InChI is InChI=1S/C44H29N/c1-3-27-13-16-33-22-23-34(37-24-19-28(4-2)40(27)42(33)37)31-14-17-32(18-15-31)41-38-25-20-29-9-5-7-11-35(29)43(38)45-44-36-12-8-6-10-30(36)21-26-39(41)44/h3-26H,1H2,2H3/b28-4-. The fourth-order valence-corrected chi connectivity index (χ4v) is 7.40. The van der Waals surface area contributed by atoms with Gasteiger partial charge in [0.05, 0.1) is 11.0 Å². The molecule has 0 atom stereocenters. The molecule has 0 aliphatic rings. The number of hydrogen-bond acceptors (Lipinski definition) is 1. The Bertz CT molecular complexity index is 2620. The van der Waals surface area contributed by atoms with Crippen molar-refractivity contribution in [2.75, 3.05) is 0 Å². The predicted molar refractivity (Wildman–Crippen MR) is 196 cm³/mol. The summed E-state index contributed by atoms with van der Waals surface area (Å²) in [7, 11) is 0. The third-order valence-corrected chi connectivity index (χ3v) is 9.56. The van der Waals surface area contributed by atoms with Gasteiger partial charge in [0.2, 0.25) is 0 Å². The quantitative estimate of drug-likeness (QED) is 0.152. The van der Waals surface area contributed by atoms with Crippen LogP contribution in [0.4, 0.5) is 0 Å². The third kappa shape index (κ3) is 3.77. The summed E-state index contributed by atoms with van der Waals surface area (Å²) in [6.07, 6.45) is 4.16. The molecule has 0 fully saturated rings. The summed E-state index contributed by atoms with van der Waals surface area (Å²) >= 11 is 0. The monoisotopic (exact) mass is 571 g/mol. The molecule has 0 N–H and O–H groups in total. The van der Waals surface area contributed by atoms with Crippen LogP contribution in [-0.4, -0.2) is 4.98 Å². The Morgan fingerprint density at radius 1 is 0.489 bits per heavy atom. The van der Waals surface area contributed by atoms with Gasteiger partial charge in [-0.15, -0.1) is 0 Å². The van der Waals surface area contributed by atoms with Crippen molar-refractivity contribution in [1.29, 1.82) is 0 Å². The second-order valence-corrected chi connectivity index (χ2v) is 11.9. The predicted octanol–water partition coefficient (Wildman–Crippen LogP) is 11.5. The molecule has 1 heteroatoms. The molecule has 0 radical (unpaired) electrons. The van der Waals surface area contributed by atoms with Gasteiger partial charge in [-0.05, 0) is 66.7 Å². The van der Waals surface area contributed by atoms with E-state index in [4.69, 9.17) is 4.98 Å². The smallest absolute Gasteiger partial charge is 0.0794 e. The highest BCUT2D eigenvalue weighted by atomic mass is 14.7. The average Bonchev–Trinajstić information content (AvgIpc) is 3.11. The Morgan fingerprint density at radius 2 is 1.07 bits per heavy atom. The zero-order valence-corrected chi connectivity index (χ0v) is 25.0. The van der Waals surface area contributed by atoms with E-state index in [1.54, 1.807) is 0 Å². The molecular formula is C44H29N. The normalized spacial score (nSPS) is 12.3. The number of pyridine rings is 1. The molecule has 0 saturated carbocycles. The first-order valence-corrected chi connectivity index (χ1v) is 15.5. The number of rotatable bonds is 3. The number of hydrogen-bond donors (Lipinski definition) is 0. The molecule has 1 heterocycles. The maximum atomic E-state index is 5.36. The van der Waals surface area contributed by atoms with Crippen LogP contribution in [0.2, 0.25) is 0 Å². The maximum Gasteiger partial charge on any atom is 0.0794 e. The van der Waals surface area contributed by atoms with Gasteiger partial charge in [-0.2, -0.15) is 0 Å². The summed E-state index contributed by atoms with van der Waals surface area (Å²) in [4.78, 5) is 5.36. The molecule has 0 saturated heterocycles. The summed E-state index contributed by atoms with van der Waals surface area (Å²) in [6.45, 7) is 6.22. The van der Waals surface area contributed by atoms with Gasteiger partial charge in [0.25, 0.3) is 0 Å². The summed E-state index contributed by atoms with van der Waals surface area (Å²) < 4.78 is 0. The SMILES string of the molecule is C=Cc1ccc2ccc(-c3ccc(-c4c5ccc6ccccc6c5nc5c4ccc4ccccc45)cc3)c3cc/c(=C/C)c1c23. The van der Waals surface area contributed by atoms with Crippen molar-refractivity contribution < 1.29 is 0 Å². The lowest BCUT2D eigenvalue weighted by atomic mass is 9.89. The Balaban J connectivity index is 1.30. The van der Waals surface area contributed by atoms with Gasteiger partial charge in [0.1, 0.15) is 0 Å². The van der Waals surface area contributed by atoms with Crippen molar-refractivity contribution in [2.24, 2.45) is 0 Å². The van der Waals surface area contributed by atoms with Crippen molar-refractivity contribution in [3.05, 3.63) is 151 Å². The van der Waals surface area contributed by atoms with Gasteiger partial charge in [0.15, 0.2) is 0 Å². The Kier molecular flexibility index (Phi) is 5.63. The highest BCUT2D eigenvalue weighted by Crippen LogP contribution is 2.41. The lowest BCUT2D eigenvalue weighted by Gasteiger charge is -2.16. The first kappa shape index (κ1) is 25.7. The minimum absolute atomic E-state index is 1.05. The van der Waals surface area contributed by atoms with Gasteiger partial charge in [-0.3, -0.25) is 0 Å². The van der Waals surface area contributed by atoms with E-state index < -0.39 is 0 Å². The molecule has 0 amide bonds. The number of nitrogens with zero attached hydrogens (tertiary/aromatic N) is 1. The first-order valence-electron chi connectivity index (χ1n) is 15.5. The number of benzene rings is 8. The lowest BCUT2D eigenvalue weighted by molar-refractivity contribution is 1.53. The highest BCUT2D eigenvalue weighted by molar-refractivity contribution is 6.21. The van der Waals surface area contributed by atoms with Crippen molar-refractivity contribution >= 4 is 77.0 Å². The van der Waals surface area contributed by atoms with E-state index in [0.717, 1.165) is 11.0 Å². The Labute approximate surface area is 261 Å². The molecule has 0 spiro atoms. The van der Waals surface area contributed by atoms with E-state index in [2.05, 4.69) is 153 Å². The summed E-state index contributed by atoms with van der Waals surface area (Å²) in [5.74, 6) is 0. The summed E-state index contributed by atoms with van der Waals surface area (Å²) in [6, 6.07) is 48.7. The van der Waals surface area contributed by atoms with Crippen molar-refractivity contribution in [2.45, 2.75) is 6.92 Å². The molecule has 8 aromatic carbocycles. The third-order valence-electron chi connectivity index (χ3n) is 9.56. The minimum atomic E-state index is 1.05. The molecular weight excluding hydrogens is 542 g/mol. The van der Waals surface area contributed by atoms with Gasteiger partial charge in [-0.1, -0.05) is 152 Å². The molecule has 45 heavy (non-hydrogen) atoms. The molecule has 210 valence electrons. The van der Waals surface area contributed by atoms with Crippen molar-refractivity contribution in [3.8, 4) is 22.3 Å². The van der Waals surface area contributed by atoms with Crippen LogP contribution < -0.4 is 5.22 Å². The van der Waals surface area contributed by atoms with Crippen molar-refractivity contribution in [3.63, 3.8) is 0 Å². The van der Waals surface area contributed by atoms with Gasteiger partial charge < -0.3 is 0 Å². The van der Waals surface area contributed by atoms with Gasteiger partial charge in [0, 0.05) is 27.1 Å².